The van der Waals surface area contributed by atoms with Gasteiger partial charge in [0.15, 0.2) is 0 Å². The number of nitrogens with zero attached hydrogens (tertiary/aromatic N) is 1. The molecule has 0 radical (unpaired) electrons. The van der Waals surface area contributed by atoms with Crippen LogP contribution in [-0.4, -0.2) is 41.2 Å². The second-order valence-corrected chi connectivity index (χ2v) is 5.22. The summed E-state index contributed by atoms with van der Waals surface area (Å²) in [5, 5.41) is 11.9. The van der Waals surface area contributed by atoms with Crippen molar-refractivity contribution in [2.24, 2.45) is 0 Å². The fourth-order valence-corrected chi connectivity index (χ4v) is 2.06. The van der Waals surface area contributed by atoms with Crippen molar-refractivity contribution in [2.75, 3.05) is 19.0 Å². The van der Waals surface area contributed by atoms with Crippen LogP contribution in [0.5, 0.6) is 5.75 Å². The molecular weight excluding hydrogens is 272 g/mol. The van der Waals surface area contributed by atoms with Gasteiger partial charge in [0.05, 0.1) is 7.11 Å². The lowest BCUT2D eigenvalue weighted by Crippen LogP contribution is -2.54. The van der Waals surface area contributed by atoms with Gasteiger partial charge in [0.25, 0.3) is 0 Å². The van der Waals surface area contributed by atoms with E-state index in [4.69, 9.17) is 4.74 Å². The summed E-state index contributed by atoms with van der Waals surface area (Å²) in [6, 6.07) is 4.79. The molecule has 116 valence electrons. The predicted molar refractivity (Wildman–Crippen MR) is 80.8 cm³/mol. The molecule has 1 aromatic rings. The quantitative estimate of drug-likeness (QED) is 0.875. The minimum Gasteiger partial charge on any atom is -0.496 e. The van der Waals surface area contributed by atoms with Crippen LogP contribution in [-0.2, 0) is 4.79 Å². The first-order chi connectivity index (χ1) is 9.73. The van der Waals surface area contributed by atoms with Crippen LogP contribution in [0.2, 0.25) is 0 Å². The Morgan fingerprint density at radius 3 is 2.43 bits per heavy atom. The summed E-state index contributed by atoms with van der Waals surface area (Å²) in [6.45, 7) is 6.90. The molecule has 0 aliphatic heterocycles. The van der Waals surface area contributed by atoms with Gasteiger partial charge in [-0.2, -0.15) is 0 Å². The number of carbonyl (C=O) groups excluding carboxylic acids is 1. The molecule has 0 fully saturated rings. The summed E-state index contributed by atoms with van der Waals surface area (Å²) in [5.74, 6) is -0.323. The number of nitrogens with one attached hydrogen (secondary N) is 1. The summed E-state index contributed by atoms with van der Waals surface area (Å²) in [4.78, 5) is 24.8. The molecule has 6 nitrogen and oxygen atoms in total. The van der Waals surface area contributed by atoms with Crippen LogP contribution in [0.25, 0.3) is 0 Å². The lowest BCUT2D eigenvalue weighted by atomic mass is 10.0. The van der Waals surface area contributed by atoms with E-state index in [2.05, 4.69) is 5.32 Å². The Kier molecular flexibility index (Phi) is 5.18. The van der Waals surface area contributed by atoms with Gasteiger partial charge in [-0.3, -0.25) is 0 Å². The van der Waals surface area contributed by atoms with Crippen LogP contribution >= 0.6 is 0 Å². The Labute approximate surface area is 124 Å². The number of hydrogen-bond donors (Lipinski definition) is 2. The molecule has 0 aliphatic carbocycles. The van der Waals surface area contributed by atoms with Crippen LogP contribution < -0.4 is 10.1 Å². The molecule has 6 heteroatoms. The van der Waals surface area contributed by atoms with Gasteiger partial charge in [0, 0.05) is 12.2 Å². The van der Waals surface area contributed by atoms with E-state index in [9.17, 15) is 14.7 Å². The average Bonchev–Trinajstić information content (AvgIpc) is 2.39. The standard InChI is InChI=1S/C15H22N2O4/c1-6-17(15(3,4)13(18)19)14(20)16-11-7-8-12(21-5)10(2)9-11/h7-9H,6H2,1-5H3,(H,16,20)(H,18,19). The lowest BCUT2D eigenvalue weighted by molar-refractivity contribution is -0.147. The van der Waals surface area contributed by atoms with Crippen LogP contribution in [0.15, 0.2) is 18.2 Å². The first kappa shape index (κ1) is 16.8. The number of ether oxygens (including phenoxy) is 1. The zero-order valence-electron chi connectivity index (χ0n) is 13.1. The van der Waals surface area contributed by atoms with E-state index >= 15 is 0 Å². The van der Waals surface area contributed by atoms with Crippen LogP contribution in [0.3, 0.4) is 0 Å². The van der Waals surface area contributed by atoms with E-state index in [1.807, 2.05) is 6.92 Å². The number of benzene rings is 1. The number of methoxy groups -OCH3 is 1. The van der Waals surface area contributed by atoms with Gasteiger partial charge in [-0.15, -0.1) is 0 Å². The molecule has 21 heavy (non-hydrogen) atoms. The molecular formula is C15H22N2O4. The SMILES string of the molecule is CCN(C(=O)Nc1ccc(OC)c(C)c1)C(C)(C)C(=O)O. The number of rotatable bonds is 5. The number of carboxylic acid groups (broad SMARTS) is 1. The van der Waals surface area contributed by atoms with Crippen LogP contribution in [0.4, 0.5) is 10.5 Å². The van der Waals surface area contributed by atoms with Gasteiger partial charge in [0.1, 0.15) is 11.3 Å². The third kappa shape index (κ3) is 3.65. The fraction of sp³-hybridized carbons (Fsp3) is 0.467. The fourth-order valence-electron chi connectivity index (χ4n) is 2.06. The molecule has 0 spiro atoms. The van der Waals surface area contributed by atoms with E-state index in [1.165, 1.54) is 18.7 Å². The molecule has 2 N–H and O–H groups in total. The summed E-state index contributed by atoms with van der Waals surface area (Å²) in [6.07, 6.45) is 0. The van der Waals surface area contributed by atoms with Gasteiger partial charge in [0.2, 0.25) is 0 Å². The highest BCUT2D eigenvalue weighted by Crippen LogP contribution is 2.22. The number of aliphatic carboxylic acids is 1. The molecule has 1 aromatic carbocycles. The van der Waals surface area contributed by atoms with E-state index in [0.717, 1.165) is 11.3 Å². The van der Waals surface area contributed by atoms with Crippen molar-refractivity contribution in [3.05, 3.63) is 23.8 Å². The molecule has 0 aliphatic rings. The van der Waals surface area contributed by atoms with Gasteiger partial charge in [-0.1, -0.05) is 0 Å². The highest BCUT2D eigenvalue weighted by Gasteiger charge is 2.36. The summed E-state index contributed by atoms with van der Waals surface area (Å²) >= 11 is 0. The number of amides is 2. The normalized spacial score (nSPS) is 10.9. The lowest BCUT2D eigenvalue weighted by Gasteiger charge is -2.34. The molecule has 0 saturated carbocycles. The first-order valence-electron chi connectivity index (χ1n) is 6.70. The first-order valence-corrected chi connectivity index (χ1v) is 6.70. The summed E-state index contributed by atoms with van der Waals surface area (Å²) in [5.41, 5.74) is 0.203. The zero-order valence-corrected chi connectivity index (χ0v) is 13.1. The largest absolute Gasteiger partial charge is 0.496 e. The molecule has 0 heterocycles. The Hall–Kier alpha value is -2.24. The van der Waals surface area contributed by atoms with Gasteiger partial charge in [-0.25, -0.2) is 9.59 Å². The topological polar surface area (TPSA) is 78.9 Å². The predicted octanol–water partition coefficient (Wildman–Crippen LogP) is 2.72. The smallest absolute Gasteiger partial charge is 0.329 e. The van der Waals surface area contributed by atoms with Gasteiger partial charge < -0.3 is 20.1 Å². The van der Waals surface area contributed by atoms with Crippen molar-refractivity contribution in [2.45, 2.75) is 33.2 Å². The number of carboxylic acids is 1. The van der Waals surface area contributed by atoms with Crippen LogP contribution in [0, 0.1) is 6.92 Å². The Bertz CT molecular complexity index is 540. The van der Waals surface area contributed by atoms with Gasteiger partial charge in [-0.05, 0) is 51.5 Å². The second kappa shape index (κ2) is 6.47. The van der Waals surface area contributed by atoms with Crippen molar-refractivity contribution in [3.63, 3.8) is 0 Å². The van der Waals surface area contributed by atoms with Crippen molar-refractivity contribution in [1.82, 2.24) is 4.90 Å². The number of anilines is 1. The average molecular weight is 294 g/mol. The molecule has 0 atom stereocenters. The Balaban J connectivity index is 2.93. The second-order valence-electron chi connectivity index (χ2n) is 5.22. The van der Waals surface area contributed by atoms with Crippen molar-refractivity contribution in [3.8, 4) is 5.75 Å². The maximum Gasteiger partial charge on any atom is 0.329 e. The van der Waals surface area contributed by atoms with Crippen molar-refractivity contribution < 1.29 is 19.4 Å². The summed E-state index contributed by atoms with van der Waals surface area (Å²) < 4.78 is 5.16. The molecule has 0 bridgehead atoms. The third-order valence-electron chi connectivity index (χ3n) is 3.41. The minimum absolute atomic E-state index is 0.292. The number of hydrogen-bond acceptors (Lipinski definition) is 3. The molecule has 0 unspecified atom stereocenters. The Morgan fingerprint density at radius 1 is 1.38 bits per heavy atom. The van der Waals surface area contributed by atoms with E-state index < -0.39 is 17.5 Å². The number of carbonyl (C=O) groups is 2. The highest BCUT2D eigenvalue weighted by molar-refractivity contribution is 5.93. The van der Waals surface area contributed by atoms with E-state index in [-0.39, 0.29) is 0 Å². The van der Waals surface area contributed by atoms with Crippen molar-refractivity contribution in [1.29, 1.82) is 0 Å². The molecule has 0 saturated heterocycles. The number of likely N-dealkylation sites (N-methyl/N-ethyl adjacent to an activating group) is 1. The third-order valence-corrected chi connectivity index (χ3v) is 3.41. The molecule has 1 rings (SSSR count). The summed E-state index contributed by atoms with van der Waals surface area (Å²) in [7, 11) is 1.58. The Morgan fingerprint density at radius 2 is 2.00 bits per heavy atom. The zero-order chi connectivity index (χ0) is 16.2. The minimum atomic E-state index is -1.28. The van der Waals surface area contributed by atoms with Gasteiger partial charge >= 0.3 is 12.0 Å². The van der Waals surface area contributed by atoms with E-state index in [1.54, 1.807) is 32.2 Å². The monoisotopic (exact) mass is 294 g/mol. The van der Waals surface area contributed by atoms with E-state index in [0.29, 0.717) is 12.2 Å². The van der Waals surface area contributed by atoms with Crippen LogP contribution in [0.1, 0.15) is 26.3 Å². The number of aryl methyl sites for hydroxylation is 1. The number of urea groups is 1. The van der Waals surface area contributed by atoms with Crippen molar-refractivity contribution >= 4 is 17.7 Å². The maximum atomic E-state index is 12.3. The highest BCUT2D eigenvalue weighted by atomic mass is 16.5. The molecule has 2 amide bonds. The molecule has 0 aromatic heterocycles. The maximum absolute atomic E-state index is 12.3.